The number of ether oxygens (including phenoxy) is 1. The summed E-state index contributed by atoms with van der Waals surface area (Å²) in [6, 6.07) is 0. The maximum absolute atomic E-state index is 10.4. The van der Waals surface area contributed by atoms with Crippen LogP contribution in [0.25, 0.3) is 0 Å². The van der Waals surface area contributed by atoms with Gasteiger partial charge >= 0.3 is 0 Å². The highest BCUT2D eigenvalue weighted by molar-refractivity contribution is 8.00. The molecule has 1 aromatic rings. The third-order valence-corrected chi connectivity index (χ3v) is 8.80. The maximum atomic E-state index is 10.4. The van der Waals surface area contributed by atoms with E-state index in [0.29, 0.717) is 11.7 Å². The number of rotatable bonds is 14. The fourth-order valence-corrected chi connectivity index (χ4v) is 6.40. The Kier molecular flexibility index (Phi) is 11.3. The molecule has 0 amide bonds. The average Bonchev–Trinajstić information content (AvgIpc) is 3.14. The van der Waals surface area contributed by atoms with Crippen molar-refractivity contribution < 1.29 is 9.84 Å². The van der Waals surface area contributed by atoms with E-state index in [-0.39, 0.29) is 5.44 Å². The fourth-order valence-electron chi connectivity index (χ4n) is 4.98. The van der Waals surface area contributed by atoms with E-state index in [1.165, 1.54) is 57.8 Å². The minimum absolute atomic E-state index is 0.188. The van der Waals surface area contributed by atoms with Gasteiger partial charge in [-0.15, -0.1) is 0 Å². The van der Waals surface area contributed by atoms with Gasteiger partial charge in [-0.25, -0.2) is 0 Å². The molecule has 3 heteroatoms. The normalized spacial score (nSPS) is 18.5. The zero-order valence-electron chi connectivity index (χ0n) is 22.2. The summed E-state index contributed by atoms with van der Waals surface area (Å²) in [7, 11) is 0. The molecule has 1 aliphatic heterocycles. The Bertz CT molecular complexity index is 675. The van der Waals surface area contributed by atoms with E-state index < -0.39 is 0 Å². The molecule has 1 aliphatic rings. The molecule has 4 atom stereocenters. The van der Waals surface area contributed by atoms with Gasteiger partial charge in [0.1, 0.15) is 16.9 Å². The molecule has 0 aliphatic carbocycles. The zero-order chi connectivity index (χ0) is 23.8. The van der Waals surface area contributed by atoms with Gasteiger partial charge in [-0.3, -0.25) is 0 Å². The van der Waals surface area contributed by atoms with Crippen molar-refractivity contribution in [3.05, 3.63) is 16.7 Å². The number of hydrogen-bond donors (Lipinski definition) is 1. The van der Waals surface area contributed by atoms with Crippen molar-refractivity contribution in [2.75, 3.05) is 0 Å². The van der Waals surface area contributed by atoms with Crippen LogP contribution in [0.1, 0.15) is 116 Å². The summed E-state index contributed by atoms with van der Waals surface area (Å²) in [5.41, 5.74) is 3.21. The molecule has 1 aromatic carbocycles. The second kappa shape index (κ2) is 13.2. The fraction of sp³-hybridized carbons (Fsp3) is 0.793. The quantitative estimate of drug-likeness (QED) is 0.298. The van der Waals surface area contributed by atoms with Crippen LogP contribution in [0.2, 0.25) is 0 Å². The largest absolute Gasteiger partial charge is 0.507 e. The first-order valence-corrected chi connectivity index (χ1v) is 14.1. The second-order valence-electron chi connectivity index (χ2n) is 11.3. The molecule has 0 radical (unpaired) electrons. The van der Waals surface area contributed by atoms with Crippen molar-refractivity contribution in [1.29, 1.82) is 0 Å². The van der Waals surface area contributed by atoms with Crippen LogP contribution in [0.15, 0.2) is 4.90 Å². The number of thioether (sulfide) groups is 1. The lowest BCUT2D eigenvalue weighted by molar-refractivity contribution is 0.248. The van der Waals surface area contributed by atoms with Gasteiger partial charge < -0.3 is 9.84 Å². The average molecular weight is 463 g/mol. The summed E-state index contributed by atoms with van der Waals surface area (Å²) < 4.78 is 6.32. The number of aromatic hydroxyl groups is 1. The molecule has 2 nitrogen and oxygen atoms in total. The topological polar surface area (TPSA) is 29.5 Å². The van der Waals surface area contributed by atoms with E-state index in [2.05, 4.69) is 41.5 Å². The summed E-state index contributed by atoms with van der Waals surface area (Å²) in [6.45, 7) is 18.0. The molecular formula is C29H50O2S. The molecule has 1 heterocycles. The van der Waals surface area contributed by atoms with E-state index >= 15 is 0 Å². The molecule has 2 rings (SSSR count). The number of benzene rings is 1. The van der Waals surface area contributed by atoms with Gasteiger partial charge in [-0.2, -0.15) is 0 Å². The van der Waals surface area contributed by atoms with E-state index in [9.17, 15) is 5.11 Å². The van der Waals surface area contributed by atoms with Crippen LogP contribution in [0, 0.1) is 44.4 Å². The molecule has 1 N–H and O–H groups in total. The van der Waals surface area contributed by atoms with Crippen molar-refractivity contribution in [1.82, 2.24) is 0 Å². The first-order chi connectivity index (χ1) is 15.1. The van der Waals surface area contributed by atoms with Crippen molar-refractivity contribution in [2.45, 2.75) is 130 Å². The first kappa shape index (κ1) is 27.4. The maximum Gasteiger partial charge on any atom is 0.149 e. The predicted molar refractivity (Wildman–Crippen MR) is 141 cm³/mol. The second-order valence-corrected chi connectivity index (χ2v) is 12.5. The van der Waals surface area contributed by atoms with Gasteiger partial charge in [0, 0.05) is 5.56 Å². The lowest BCUT2D eigenvalue weighted by Gasteiger charge is -2.18. The Morgan fingerprint density at radius 1 is 0.719 bits per heavy atom. The van der Waals surface area contributed by atoms with Crippen LogP contribution in [-0.2, 0) is 0 Å². The smallest absolute Gasteiger partial charge is 0.149 e. The van der Waals surface area contributed by atoms with Crippen LogP contribution in [0.4, 0.5) is 0 Å². The van der Waals surface area contributed by atoms with Crippen LogP contribution in [0.3, 0.4) is 0 Å². The van der Waals surface area contributed by atoms with Crippen LogP contribution in [-0.4, -0.2) is 10.5 Å². The standard InChI is InChI=1S/C29H50O2S/c1-19(2)12-9-13-20(3)14-10-15-21(4)16-11-17-22(5)18-26-31-28-24(7)23(6)27(30)25(8)29(28)32-26/h19-22,26,30H,9-18H2,1-8H3. The molecule has 0 fully saturated rings. The van der Waals surface area contributed by atoms with Crippen LogP contribution in [0.5, 0.6) is 11.5 Å². The highest BCUT2D eigenvalue weighted by Crippen LogP contribution is 2.50. The summed E-state index contributed by atoms with van der Waals surface area (Å²) in [6.07, 6.45) is 13.4. The van der Waals surface area contributed by atoms with E-state index in [4.69, 9.17) is 4.74 Å². The lowest BCUT2D eigenvalue weighted by Crippen LogP contribution is -2.12. The van der Waals surface area contributed by atoms with E-state index in [1.54, 1.807) is 11.8 Å². The number of hydrogen-bond acceptors (Lipinski definition) is 3. The third kappa shape index (κ3) is 8.19. The molecule has 0 spiro atoms. The molecule has 0 bridgehead atoms. The minimum Gasteiger partial charge on any atom is -0.507 e. The highest BCUT2D eigenvalue weighted by atomic mass is 32.2. The Morgan fingerprint density at radius 2 is 1.22 bits per heavy atom. The van der Waals surface area contributed by atoms with E-state index in [0.717, 1.165) is 51.5 Å². The molecule has 4 unspecified atom stereocenters. The van der Waals surface area contributed by atoms with E-state index in [1.807, 2.05) is 13.8 Å². The van der Waals surface area contributed by atoms with Crippen molar-refractivity contribution >= 4 is 11.8 Å². The predicted octanol–water partition coefficient (Wildman–Crippen LogP) is 9.59. The number of fused-ring (bicyclic) bond motifs is 1. The van der Waals surface area contributed by atoms with Crippen LogP contribution >= 0.6 is 11.8 Å². The SMILES string of the molecule is Cc1c(C)c2c(c(C)c1O)SC(CC(C)CCCC(C)CCCC(C)CCCC(C)C)O2. The molecule has 0 saturated heterocycles. The van der Waals surface area contributed by atoms with Gasteiger partial charge in [0.05, 0.1) is 4.90 Å². The van der Waals surface area contributed by atoms with Gasteiger partial charge in [-0.05, 0) is 62.0 Å². The first-order valence-electron chi connectivity index (χ1n) is 13.3. The van der Waals surface area contributed by atoms with Crippen LogP contribution < -0.4 is 4.74 Å². The minimum atomic E-state index is 0.188. The number of phenolic OH excluding ortho intramolecular Hbond substituents is 1. The van der Waals surface area contributed by atoms with Gasteiger partial charge in [0.15, 0.2) is 0 Å². The molecule has 32 heavy (non-hydrogen) atoms. The summed E-state index contributed by atoms with van der Waals surface area (Å²) >= 11 is 1.81. The molecular weight excluding hydrogens is 412 g/mol. The Hall–Kier alpha value is -0.830. The summed E-state index contributed by atoms with van der Waals surface area (Å²) in [5, 5.41) is 10.4. The molecule has 0 saturated carbocycles. The van der Waals surface area contributed by atoms with Crippen molar-refractivity contribution in [3.63, 3.8) is 0 Å². The summed E-state index contributed by atoms with van der Waals surface area (Å²) in [4.78, 5) is 1.15. The van der Waals surface area contributed by atoms with Gasteiger partial charge in [0.2, 0.25) is 0 Å². The number of phenols is 1. The Morgan fingerprint density at radius 3 is 1.75 bits per heavy atom. The lowest BCUT2D eigenvalue weighted by atomic mass is 9.91. The van der Waals surface area contributed by atoms with Gasteiger partial charge in [0.25, 0.3) is 0 Å². The van der Waals surface area contributed by atoms with Gasteiger partial charge in [-0.1, -0.05) is 104 Å². The third-order valence-electron chi connectivity index (χ3n) is 7.52. The summed E-state index contributed by atoms with van der Waals surface area (Å²) in [5.74, 6) is 4.71. The molecule has 184 valence electrons. The van der Waals surface area contributed by atoms with Crippen molar-refractivity contribution in [2.24, 2.45) is 23.7 Å². The highest BCUT2D eigenvalue weighted by Gasteiger charge is 2.30. The Balaban J connectivity index is 1.62. The molecule has 0 aromatic heterocycles. The monoisotopic (exact) mass is 462 g/mol. The Labute approximate surface area is 203 Å². The van der Waals surface area contributed by atoms with Crippen molar-refractivity contribution in [3.8, 4) is 11.5 Å². The zero-order valence-corrected chi connectivity index (χ0v) is 23.0.